The van der Waals surface area contributed by atoms with Gasteiger partial charge in [-0.05, 0) is 61.4 Å². The van der Waals surface area contributed by atoms with Crippen LogP contribution < -0.4 is 9.80 Å². The van der Waals surface area contributed by atoms with Gasteiger partial charge in [-0.2, -0.15) is 0 Å². The zero-order chi connectivity index (χ0) is 24.9. The third kappa shape index (κ3) is 5.09. The zero-order valence-electron chi connectivity index (χ0n) is 19.7. The second kappa shape index (κ2) is 10.5. The molecule has 1 aliphatic heterocycles. The predicted molar refractivity (Wildman–Crippen MR) is 132 cm³/mol. The first-order chi connectivity index (χ1) is 16.9. The molecule has 2 amide bonds. The topological polar surface area (TPSA) is 66.9 Å². The molecule has 0 saturated carbocycles. The van der Waals surface area contributed by atoms with Gasteiger partial charge < -0.3 is 14.5 Å². The van der Waals surface area contributed by atoms with E-state index in [1.165, 1.54) is 31.4 Å². The number of rotatable bonds is 6. The highest BCUT2D eigenvalue weighted by atomic mass is 19.1. The summed E-state index contributed by atoms with van der Waals surface area (Å²) in [5.74, 6) is -1.28. The SMILES string of the molecule is COC(=O)CCC(=O)N(c1ccccc1)[C@@H]1C[C@H](C)N(C(=O)c2ccc(F)cc2)c2ccccc21. The van der Waals surface area contributed by atoms with Gasteiger partial charge in [0.2, 0.25) is 5.91 Å². The van der Waals surface area contributed by atoms with Crippen LogP contribution in [0.2, 0.25) is 0 Å². The molecule has 0 aliphatic carbocycles. The normalized spacial score (nSPS) is 16.8. The summed E-state index contributed by atoms with van der Waals surface area (Å²) in [5, 5.41) is 0. The molecule has 0 radical (unpaired) electrons. The molecule has 0 fully saturated rings. The molecule has 7 heteroatoms. The maximum atomic E-state index is 13.5. The third-order valence-electron chi connectivity index (χ3n) is 6.26. The Morgan fingerprint density at radius 2 is 1.60 bits per heavy atom. The van der Waals surface area contributed by atoms with Crippen LogP contribution in [-0.4, -0.2) is 30.9 Å². The van der Waals surface area contributed by atoms with Crippen molar-refractivity contribution in [2.24, 2.45) is 0 Å². The fraction of sp³-hybridized carbons (Fsp3) is 0.250. The van der Waals surface area contributed by atoms with Gasteiger partial charge in [-0.25, -0.2) is 4.39 Å². The van der Waals surface area contributed by atoms with Crippen LogP contribution in [0.1, 0.15) is 48.1 Å². The number of benzene rings is 3. The average Bonchev–Trinajstić information content (AvgIpc) is 2.88. The Bertz CT molecular complexity index is 1210. The first-order valence-corrected chi connectivity index (χ1v) is 11.5. The lowest BCUT2D eigenvalue weighted by Crippen LogP contribution is -2.47. The minimum atomic E-state index is -0.445. The number of esters is 1. The molecule has 0 spiro atoms. The van der Waals surface area contributed by atoms with Crippen LogP contribution in [0.3, 0.4) is 0 Å². The largest absolute Gasteiger partial charge is 0.469 e. The Balaban J connectivity index is 1.73. The molecule has 0 bridgehead atoms. The van der Waals surface area contributed by atoms with E-state index in [0.717, 1.165) is 5.56 Å². The summed E-state index contributed by atoms with van der Waals surface area (Å²) >= 11 is 0. The molecule has 0 aromatic heterocycles. The molecular formula is C28H27FN2O4. The maximum Gasteiger partial charge on any atom is 0.306 e. The van der Waals surface area contributed by atoms with E-state index in [1.807, 2.05) is 61.5 Å². The summed E-state index contributed by atoms with van der Waals surface area (Å²) in [6.45, 7) is 1.94. The predicted octanol–water partition coefficient (Wildman–Crippen LogP) is 5.29. The lowest BCUT2D eigenvalue weighted by atomic mass is 9.89. The van der Waals surface area contributed by atoms with Crippen molar-refractivity contribution in [2.75, 3.05) is 16.9 Å². The molecule has 35 heavy (non-hydrogen) atoms. The lowest BCUT2D eigenvalue weighted by molar-refractivity contribution is -0.141. The van der Waals surface area contributed by atoms with Crippen molar-refractivity contribution in [1.82, 2.24) is 0 Å². The summed E-state index contributed by atoms with van der Waals surface area (Å²) in [6, 6.07) is 21.7. The lowest BCUT2D eigenvalue weighted by Gasteiger charge is -2.43. The molecular weight excluding hydrogens is 447 g/mol. The molecule has 1 heterocycles. The molecule has 6 nitrogen and oxygen atoms in total. The van der Waals surface area contributed by atoms with Gasteiger partial charge in [0.25, 0.3) is 5.91 Å². The van der Waals surface area contributed by atoms with E-state index < -0.39 is 11.8 Å². The number of halogens is 1. The van der Waals surface area contributed by atoms with Crippen molar-refractivity contribution in [2.45, 2.75) is 38.3 Å². The van der Waals surface area contributed by atoms with Crippen molar-refractivity contribution >= 4 is 29.2 Å². The van der Waals surface area contributed by atoms with E-state index in [-0.39, 0.29) is 36.7 Å². The van der Waals surface area contributed by atoms with Crippen LogP contribution in [0.15, 0.2) is 78.9 Å². The molecule has 2 atom stereocenters. The van der Waals surface area contributed by atoms with Crippen molar-refractivity contribution in [3.05, 3.63) is 95.8 Å². The highest BCUT2D eigenvalue weighted by Crippen LogP contribution is 2.43. The maximum absolute atomic E-state index is 13.5. The summed E-state index contributed by atoms with van der Waals surface area (Å²) < 4.78 is 18.1. The van der Waals surface area contributed by atoms with Crippen molar-refractivity contribution in [1.29, 1.82) is 0 Å². The minimum absolute atomic E-state index is 0.00679. The first-order valence-electron chi connectivity index (χ1n) is 11.5. The van der Waals surface area contributed by atoms with E-state index >= 15 is 0 Å². The van der Waals surface area contributed by atoms with Crippen LogP contribution in [0.5, 0.6) is 0 Å². The smallest absolute Gasteiger partial charge is 0.306 e. The van der Waals surface area contributed by atoms with Gasteiger partial charge in [0.1, 0.15) is 5.82 Å². The van der Waals surface area contributed by atoms with Gasteiger partial charge in [0.15, 0.2) is 0 Å². The summed E-state index contributed by atoms with van der Waals surface area (Å²) in [6.07, 6.45) is 0.480. The molecule has 0 unspecified atom stereocenters. The van der Waals surface area contributed by atoms with Crippen molar-refractivity contribution in [3.63, 3.8) is 0 Å². The molecule has 4 rings (SSSR count). The average molecular weight is 475 g/mol. The highest BCUT2D eigenvalue weighted by Gasteiger charge is 2.38. The van der Waals surface area contributed by atoms with E-state index in [9.17, 15) is 18.8 Å². The van der Waals surface area contributed by atoms with E-state index in [1.54, 1.807) is 9.80 Å². The Kier molecular flexibility index (Phi) is 7.25. The molecule has 3 aromatic rings. The van der Waals surface area contributed by atoms with Crippen LogP contribution >= 0.6 is 0 Å². The number of anilines is 2. The van der Waals surface area contributed by atoms with E-state index in [4.69, 9.17) is 4.74 Å². The Labute approximate surface area is 203 Å². The molecule has 0 saturated heterocycles. The minimum Gasteiger partial charge on any atom is -0.469 e. The van der Waals surface area contributed by atoms with Crippen LogP contribution in [0.25, 0.3) is 0 Å². The number of carbonyl (C=O) groups is 3. The number of para-hydroxylation sites is 2. The fourth-order valence-electron chi connectivity index (χ4n) is 4.59. The number of carbonyl (C=O) groups excluding carboxylic acids is 3. The van der Waals surface area contributed by atoms with Crippen molar-refractivity contribution < 1.29 is 23.5 Å². The number of nitrogens with zero attached hydrogens (tertiary/aromatic N) is 2. The third-order valence-corrected chi connectivity index (χ3v) is 6.26. The zero-order valence-corrected chi connectivity index (χ0v) is 19.7. The highest BCUT2D eigenvalue weighted by molar-refractivity contribution is 6.07. The van der Waals surface area contributed by atoms with Crippen LogP contribution in [-0.2, 0) is 14.3 Å². The van der Waals surface area contributed by atoms with Gasteiger partial charge in [-0.15, -0.1) is 0 Å². The monoisotopic (exact) mass is 474 g/mol. The number of fused-ring (bicyclic) bond motifs is 1. The second-order valence-electron chi connectivity index (χ2n) is 8.52. The number of ether oxygens (including phenoxy) is 1. The van der Waals surface area contributed by atoms with E-state index in [0.29, 0.717) is 23.4 Å². The molecule has 1 aliphatic rings. The van der Waals surface area contributed by atoms with Crippen LogP contribution in [0, 0.1) is 5.82 Å². The molecule has 3 aromatic carbocycles. The van der Waals surface area contributed by atoms with Gasteiger partial charge in [0, 0.05) is 29.4 Å². The van der Waals surface area contributed by atoms with Gasteiger partial charge in [-0.1, -0.05) is 36.4 Å². The van der Waals surface area contributed by atoms with E-state index in [2.05, 4.69) is 0 Å². The molecule has 0 N–H and O–H groups in total. The number of hydrogen-bond acceptors (Lipinski definition) is 4. The number of hydrogen-bond donors (Lipinski definition) is 0. The summed E-state index contributed by atoms with van der Waals surface area (Å²) in [5.41, 5.74) is 2.64. The van der Waals surface area contributed by atoms with Gasteiger partial charge in [0.05, 0.1) is 19.6 Å². The Hall–Kier alpha value is -4.00. The quantitative estimate of drug-likeness (QED) is 0.455. The van der Waals surface area contributed by atoms with Gasteiger partial charge in [-0.3, -0.25) is 14.4 Å². The Morgan fingerprint density at radius 1 is 0.943 bits per heavy atom. The fourth-order valence-corrected chi connectivity index (χ4v) is 4.59. The molecule has 180 valence electrons. The second-order valence-corrected chi connectivity index (χ2v) is 8.52. The summed E-state index contributed by atoms with van der Waals surface area (Å²) in [4.78, 5) is 42.0. The van der Waals surface area contributed by atoms with Gasteiger partial charge >= 0.3 is 5.97 Å². The number of amides is 2. The standard InChI is InChI=1S/C28H27FN2O4/c1-19-18-25(31(22-8-4-3-5-9-22)26(32)16-17-27(33)35-2)23-10-6-7-11-24(23)30(19)28(34)20-12-14-21(29)15-13-20/h3-15,19,25H,16-18H2,1-2H3/t19-,25+/m0/s1. The first kappa shape index (κ1) is 24.1. The Morgan fingerprint density at radius 3 is 2.29 bits per heavy atom. The van der Waals surface area contributed by atoms with Crippen LogP contribution in [0.4, 0.5) is 15.8 Å². The van der Waals surface area contributed by atoms with Crippen molar-refractivity contribution in [3.8, 4) is 0 Å². The number of methoxy groups -OCH3 is 1. The summed E-state index contributed by atoms with van der Waals surface area (Å²) in [7, 11) is 1.30.